The van der Waals surface area contributed by atoms with Gasteiger partial charge in [-0.3, -0.25) is 4.98 Å². The quantitative estimate of drug-likeness (QED) is 0.879. The number of piperidine rings is 1. The number of hydrogen-bond acceptors (Lipinski definition) is 5. The Bertz CT molecular complexity index is 391. The van der Waals surface area contributed by atoms with Gasteiger partial charge in [-0.05, 0) is 33.2 Å². The molecule has 5 nitrogen and oxygen atoms in total. The van der Waals surface area contributed by atoms with Gasteiger partial charge in [-0.25, -0.2) is 0 Å². The largest absolute Gasteiger partial charge is 0.474 e. The Hall–Kier alpha value is -1.36. The van der Waals surface area contributed by atoms with E-state index in [4.69, 9.17) is 4.74 Å². The highest BCUT2D eigenvalue weighted by Gasteiger charge is 2.16. The number of likely N-dealkylation sites (N-methyl/N-ethyl adjacent to an activating group) is 1. The molecule has 19 heavy (non-hydrogen) atoms. The second-order valence-corrected chi connectivity index (χ2v) is 5.41. The van der Waals surface area contributed by atoms with Crippen molar-refractivity contribution < 1.29 is 4.74 Å². The van der Waals surface area contributed by atoms with Crippen LogP contribution in [-0.2, 0) is 0 Å². The summed E-state index contributed by atoms with van der Waals surface area (Å²) in [6.07, 6.45) is 7.41. The zero-order valence-corrected chi connectivity index (χ0v) is 12.1. The summed E-state index contributed by atoms with van der Waals surface area (Å²) in [5.74, 6) is 1.46. The van der Waals surface area contributed by atoms with E-state index in [1.165, 1.54) is 19.3 Å². The average molecular weight is 264 g/mol. The maximum Gasteiger partial charge on any atom is 0.234 e. The molecular weight excluding hydrogens is 240 g/mol. The lowest BCUT2D eigenvalue weighted by atomic mass is 10.0. The van der Waals surface area contributed by atoms with Crippen LogP contribution < -0.4 is 15.0 Å². The van der Waals surface area contributed by atoms with Crippen molar-refractivity contribution in [2.75, 3.05) is 25.0 Å². The number of hydrogen-bond donors (Lipinski definition) is 1. The first kappa shape index (κ1) is 14.1. The smallest absolute Gasteiger partial charge is 0.234 e. The maximum atomic E-state index is 5.58. The van der Waals surface area contributed by atoms with Gasteiger partial charge in [0, 0.05) is 19.6 Å². The van der Waals surface area contributed by atoms with Crippen LogP contribution in [-0.4, -0.2) is 42.3 Å². The number of ether oxygens (including phenoxy) is 1. The molecule has 0 spiro atoms. The Morgan fingerprint density at radius 3 is 2.95 bits per heavy atom. The first-order valence-electron chi connectivity index (χ1n) is 7.08. The van der Waals surface area contributed by atoms with E-state index in [1.54, 1.807) is 12.4 Å². The molecule has 1 aliphatic rings. The molecule has 1 atom stereocenters. The minimum Gasteiger partial charge on any atom is -0.474 e. The summed E-state index contributed by atoms with van der Waals surface area (Å²) >= 11 is 0. The van der Waals surface area contributed by atoms with Gasteiger partial charge in [0.15, 0.2) is 5.82 Å². The molecule has 1 aliphatic heterocycles. The van der Waals surface area contributed by atoms with E-state index < -0.39 is 0 Å². The Morgan fingerprint density at radius 1 is 1.42 bits per heavy atom. The molecule has 0 bridgehead atoms. The molecule has 1 unspecified atom stereocenters. The van der Waals surface area contributed by atoms with Crippen molar-refractivity contribution in [2.45, 2.75) is 45.3 Å². The summed E-state index contributed by atoms with van der Waals surface area (Å²) in [6.45, 7) is 6.06. The topological polar surface area (TPSA) is 50.3 Å². The van der Waals surface area contributed by atoms with Gasteiger partial charge in [-0.2, -0.15) is 4.98 Å². The zero-order chi connectivity index (χ0) is 13.7. The van der Waals surface area contributed by atoms with Crippen molar-refractivity contribution in [2.24, 2.45) is 0 Å². The molecule has 1 fully saturated rings. The van der Waals surface area contributed by atoms with Gasteiger partial charge < -0.3 is 15.0 Å². The minimum absolute atomic E-state index is 0.120. The van der Waals surface area contributed by atoms with E-state index in [2.05, 4.69) is 27.2 Å². The van der Waals surface area contributed by atoms with Crippen LogP contribution in [0.5, 0.6) is 5.88 Å². The van der Waals surface area contributed by atoms with E-state index >= 15 is 0 Å². The molecule has 1 aromatic rings. The van der Waals surface area contributed by atoms with E-state index in [1.807, 2.05) is 13.8 Å². The molecule has 0 aromatic carbocycles. The van der Waals surface area contributed by atoms with Gasteiger partial charge in [0.2, 0.25) is 5.88 Å². The Balaban J connectivity index is 1.95. The van der Waals surface area contributed by atoms with Gasteiger partial charge in [0.1, 0.15) is 0 Å². The summed E-state index contributed by atoms with van der Waals surface area (Å²) in [4.78, 5) is 10.8. The lowest BCUT2D eigenvalue weighted by Gasteiger charge is -2.28. The number of rotatable bonds is 5. The van der Waals surface area contributed by atoms with Crippen LogP contribution in [0.25, 0.3) is 0 Å². The highest BCUT2D eigenvalue weighted by atomic mass is 16.5. The van der Waals surface area contributed by atoms with E-state index in [-0.39, 0.29) is 6.10 Å². The van der Waals surface area contributed by atoms with Crippen LogP contribution in [0.1, 0.15) is 33.1 Å². The van der Waals surface area contributed by atoms with Crippen LogP contribution in [0.2, 0.25) is 0 Å². The third kappa shape index (κ3) is 4.35. The molecule has 0 amide bonds. The second kappa shape index (κ2) is 6.70. The number of nitrogens with one attached hydrogen (secondary N) is 1. The third-order valence-corrected chi connectivity index (χ3v) is 3.25. The van der Waals surface area contributed by atoms with Crippen LogP contribution >= 0.6 is 0 Å². The highest BCUT2D eigenvalue weighted by Crippen LogP contribution is 2.16. The normalized spacial score (nSPS) is 19.5. The number of anilines is 1. The lowest BCUT2D eigenvalue weighted by molar-refractivity contribution is 0.231. The third-order valence-electron chi connectivity index (χ3n) is 3.25. The first-order chi connectivity index (χ1) is 9.15. The lowest BCUT2D eigenvalue weighted by Crippen LogP contribution is -2.42. The van der Waals surface area contributed by atoms with Crippen molar-refractivity contribution in [1.29, 1.82) is 0 Å². The second-order valence-electron chi connectivity index (χ2n) is 5.41. The van der Waals surface area contributed by atoms with E-state index in [9.17, 15) is 0 Å². The summed E-state index contributed by atoms with van der Waals surface area (Å²) in [5.41, 5.74) is 0. The number of nitrogens with zero attached hydrogens (tertiary/aromatic N) is 3. The summed E-state index contributed by atoms with van der Waals surface area (Å²) in [5, 5.41) is 3.55. The maximum absolute atomic E-state index is 5.58. The standard InChI is InChI=1S/C14H24N4O/c1-11(2)19-14-9-15-8-13(17-14)18(3)10-12-6-4-5-7-16-12/h8-9,11-12,16H,4-7,10H2,1-3H3. The van der Waals surface area contributed by atoms with Crippen LogP contribution in [0.3, 0.4) is 0 Å². The molecule has 0 saturated carbocycles. The van der Waals surface area contributed by atoms with Crippen molar-refractivity contribution >= 4 is 5.82 Å². The van der Waals surface area contributed by atoms with Crippen molar-refractivity contribution in [3.63, 3.8) is 0 Å². The summed E-state index contributed by atoms with van der Waals surface area (Å²) < 4.78 is 5.58. The highest BCUT2D eigenvalue weighted by molar-refractivity contribution is 5.36. The molecule has 2 rings (SSSR count). The van der Waals surface area contributed by atoms with Crippen LogP contribution in [0, 0.1) is 0 Å². The predicted octanol–water partition coefficient (Wildman–Crippen LogP) is 1.84. The Morgan fingerprint density at radius 2 is 2.26 bits per heavy atom. The molecule has 106 valence electrons. The molecule has 1 aromatic heterocycles. The first-order valence-corrected chi connectivity index (χ1v) is 7.08. The van der Waals surface area contributed by atoms with Gasteiger partial charge in [-0.15, -0.1) is 0 Å². The fraction of sp³-hybridized carbons (Fsp3) is 0.714. The Kier molecular flexibility index (Phi) is 4.96. The predicted molar refractivity (Wildman–Crippen MR) is 76.7 cm³/mol. The molecule has 0 radical (unpaired) electrons. The van der Waals surface area contributed by atoms with E-state index in [0.29, 0.717) is 11.9 Å². The van der Waals surface area contributed by atoms with Crippen molar-refractivity contribution in [1.82, 2.24) is 15.3 Å². The fourth-order valence-electron chi connectivity index (χ4n) is 2.32. The van der Waals surface area contributed by atoms with Crippen molar-refractivity contribution in [3.8, 4) is 5.88 Å². The van der Waals surface area contributed by atoms with Gasteiger partial charge in [0.25, 0.3) is 0 Å². The SMILES string of the molecule is CC(C)Oc1cncc(N(C)CC2CCCCN2)n1. The molecule has 1 saturated heterocycles. The molecule has 1 N–H and O–H groups in total. The van der Waals surface area contributed by atoms with Gasteiger partial charge >= 0.3 is 0 Å². The van der Waals surface area contributed by atoms with Gasteiger partial charge in [-0.1, -0.05) is 6.42 Å². The fourth-order valence-corrected chi connectivity index (χ4v) is 2.32. The van der Waals surface area contributed by atoms with Crippen molar-refractivity contribution in [3.05, 3.63) is 12.4 Å². The Labute approximate surface area is 115 Å². The van der Waals surface area contributed by atoms with Gasteiger partial charge in [0.05, 0.1) is 18.5 Å². The van der Waals surface area contributed by atoms with Crippen LogP contribution in [0.4, 0.5) is 5.82 Å². The van der Waals surface area contributed by atoms with Crippen LogP contribution in [0.15, 0.2) is 12.4 Å². The van der Waals surface area contributed by atoms with E-state index in [0.717, 1.165) is 18.9 Å². The monoisotopic (exact) mass is 264 g/mol. The molecular formula is C14H24N4O. The summed E-state index contributed by atoms with van der Waals surface area (Å²) in [6, 6.07) is 0.551. The molecule has 0 aliphatic carbocycles. The zero-order valence-electron chi connectivity index (χ0n) is 12.1. The minimum atomic E-state index is 0.120. The summed E-state index contributed by atoms with van der Waals surface area (Å²) in [7, 11) is 2.06. The average Bonchev–Trinajstić information content (AvgIpc) is 2.39. The molecule has 5 heteroatoms. The number of aromatic nitrogens is 2. The molecule has 2 heterocycles.